The number of anilines is 2. The van der Waals surface area contributed by atoms with E-state index >= 15 is 0 Å². The summed E-state index contributed by atoms with van der Waals surface area (Å²) in [5, 5.41) is 4.39. The molecule has 2 heterocycles. The number of rotatable bonds is 2. The first-order valence-corrected chi connectivity index (χ1v) is 5.28. The quantitative estimate of drug-likeness (QED) is 0.753. The molecule has 1 aromatic rings. The zero-order chi connectivity index (χ0) is 11.0. The third kappa shape index (κ3) is 1.92. The molecule has 0 bridgehead atoms. The Morgan fingerprint density at radius 1 is 1.53 bits per heavy atom. The molecule has 84 valence electrons. The standard InChI is InChI=1S/C10H19N5/c1-13(2)8-4-5-15(6-8)10-9(11)7-14(3)12-10/h7-8H,4-6,11H2,1-3H3. The maximum atomic E-state index is 5.90. The highest BCUT2D eigenvalue weighted by Gasteiger charge is 2.26. The molecule has 1 fully saturated rings. The number of hydrogen-bond donors (Lipinski definition) is 1. The average molecular weight is 209 g/mol. The Balaban J connectivity index is 2.11. The average Bonchev–Trinajstić information content (AvgIpc) is 2.71. The molecule has 2 rings (SSSR count). The predicted octanol–water partition coefficient (Wildman–Crippen LogP) is 0.143. The van der Waals surface area contributed by atoms with Crippen molar-refractivity contribution in [2.45, 2.75) is 12.5 Å². The summed E-state index contributed by atoms with van der Waals surface area (Å²) in [4.78, 5) is 4.53. The van der Waals surface area contributed by atoms with Crippen molar-refractivity contribution >= 4 is 11.5 Å². The van der Waals surface area contributed by atoms with Gasteiger partial charge in [-0.15, -0.1) is 0 Å². The fourth-order valence-electron chi connectivity index (χ4n) is 2.10. The lowest BCUT2D eigenvalue weighted by molar-refractivity contribution is 0.315. The second-order valence-corrected chi connectivity index (χ2v) is 4.43. The predicted molar refractivity (Wildman–Crippen MR) is 61.9 cm³/mol. The van der Waals surface area contributed by atoms with Crippen molar-refractivity contribution in [3.63, 3.8) is 0 Å². The molecule has 1 aliphatic rings. The van der Waals surface area contributed by atoms with E-state index in [4.69, 9.17) is 5.73 Å². The monoisotopic (exact) mass is 209 g/mol. The van der Waals surface area contributed by atoms with Crippen LogP contribution in [0.3, 0.4) is 0 Å². The minimum absolute atomic E-state index is 0.617. The van der Waals surface area contributed by atoms with E-state index in [1.807, 2.05) is 13.2 Å². The molecule has 1 aromatic heterocycles. The van der Waals surface area contributed by atoms with Gasteiger partial charge in [0.2, 0.25) is 0 Å². The Morgan fingerprint density at radius 3 is 2.73 bits per heavy atom. The van der Waals surface area contributed by atoms with Gasteiger partial charge in [0.25, 0.3) is 0 Å². The van der Waals surface area contributed by atoms with Gasteiger partial charge in [-0.1, -0.05) is 0 Å². The second-order valence-electron chi connectivity index (χ2n) is 4.43. The van der Waals surface area contributed by atoms with Gasteiger partial charge in [-0.3, -0.25) is 4.68 Å². The number of nitrogens with two attached hydrogens (primary N) is 1. The summed E-state index contributed by atoms with van der Waals surface area (Å²) in [6, 6.07) is 0.617. The van der Waals surface area contributed by atoms with Crippen molar-refractivity contribution in [1.29, 1.82) is 0 Å². The molecule has 0 aliphatic carbocycles. The molecule has 0 saturated carbocycles. The normalized spacial score (nSPS) is 21.6. The zero-order valence-corrected chi connectivity index (χ0v) is 9.64. The minimum Gasteiger partial charge on any atom is -0.394 e. The van der Waals surface area contributed by atoms with Crippen molar-refractivity contribution < 1.29 is 0 Å². The van der Waals surface area contributed by atoms with E-state index < -0.39 is 0 Å². The lowest BCUT2D eigenvalue weighted by atomic mass is 10.2. The van der Waals surface area contributed by atoms with Gasteiger partial charge in [0, 0.05) is 32.4 Å². The van der Waals surface area contributed by atoms with Crippen molar-refractivity contribution in [2.75, 3.05) is 37.8 Å². The van der Waals surface area contributed by atoms with Crippen LogP contribution in [0.1, 0.15) is 6.42 Å². The van der Waals surface area contributed by atoms with E-state index in [0.717, 1.165) is 24.6 Å². The third-order valence-electron chi connectivity index (χ3n) is 3.03. The summed E-state index contributed by atoms with van der Waals surface area (Å²) in [5.41, 5.74) is 6.68. The van der Waals surface area contributed by atoms with Crippen LogP contribution in [-0.4, -0.2) is 47.9 Å². The molecule has 0 spiro atoms. The van der Waals surface area contributed by atoms with Crippen molar-refractivity contribution in [2.24, 2.45) is 7.05 Å². The van der Waals surface area contributed by atoms with Crippen LogP contribution in [0.25, 0.3) is 0 Å². The van der Waals surface area contributed by atoms with Crippen LogP contribution in [0.4, 0.5) is 11.5 Å². The molecule has 1 aliphatic heterocycles. The maximum Gasteiger partial charge on any atom is 0.173 e. The van der Waals surface area contributed by atoms with Crippen LogP contribution in [-0.2, 0) is 7.05 Å². The van der Waals surface area contributed by atoms with Crippen LogP contribution in [0.5, 0.6) is 0 Å². The molecule has 0 amide bonds. The highest BCUT2D eigenvalue weighted by Crippen LogP contribution is 2.25. The zero-order valence-electron chi connectivity index (χ0n) is 9.64. The summed E-state index contributed by atoms with van der Waals surface area (Å²) in [5.74, 6) is 0.932. The Hall–Kier alpha value is -1.23. The lowest BCUT2D eigenvalue weighted by Crippen LogP contribution is -2.31. The van der Waals surface area contributed by atoms with Crippen LogP contribution in [0.15, 0.2) is 6.20 Å². The van der Waals surface area contributed by atoms with E-state index in [9.17, 15) is 0 Å². The molecule has 0 radical (unpaired) electrons. The Morgan fingerprint density at radius 2 is 2.27 bits per heavy atom. The first kappa shape index (κ1) is 10.3. The molecule has 1 atom stereocenters. The molecular weight excluding hydrogens is 190 g/mol. The summed E-state index contributed by atoms with van der Waals surface area (Å²) in [6.45, 7) is 2.07. The van der Waals surface area contributed by atoms with E-state index in [0.29, 0.717) is 6.04 Å². The summed E-state index contributed by atoms with van der Waals surface area (Å²) >= 11 is 0. The van der Waals surface area contributed by atoms with Crippen LogP contribution >= 0.6 is 0 Å². The number of likely N-dealkylation sites (N-methyl/N-ethyl adjacent to an activating group) is 1. The molecule has 15 heavy (non-hydrogen) atoms. The maximum absolute atomic E-state index is 5.90. The van der Waals surface area contributed by atoms with Gasteiger partial charge in [-0.05, 0) is 20.5 Å². The Bertz CT molecular complexity index is 344. The second kappa shape index (κ2) is 3.73. The SMILES string of the molecule is CN(C)C1CCN(c2nn(C)cc2N)C1. The number of hydrogen-bond acceptors (Lipinski definition) is 4. The van der Waals surface area contributed by atoms with Gasteiger partial charge in [-0.2, -0.15) is 5.10 Å². The van der Waals surface area contributed by atoms with Gasteiger partial charge >= 0.3 is 0 Å². The summed E-state index contributed by atoms with van der Waals surface area (Å²) < 4.78 is 1.77. The van der Waals surface area contributed by atoms with Gasteiger partial charge in [-0.25, -0.2) is 0 Å². The minimum atomic E-state index is 0.617. The van der Waals surface area contributed by atoms with Gasteiger partial charge in [0.1, 0.15) is 0 Å². The molecule has 2 N–H and O–H groups in total. The van der Waals surface area contributed by atoms with Crippen LogP contribution < -0.4 is 10.6 Å². The number of nitrogens with zero attached hydrogens (tertiary/aromatic N) is 4. The van der Waals surface area contributed by atoms with Crippen LogP contribution in [0.2, 0.25) is 0 Å². The number of aromatic nitrogens is 2. The van der Waals surface area contributed by atoms with E-state index in [1.165, 1.54) is 6.42 Å². The topological polar surface area (TPSA) is 50.3 Å². The largest absolute Gasteiger partial charge is 0.394 e. The summed E-state index contributed by atoms with van der Waals surface area (Å²) in [7, 11) is 6.14. The number of aryl methyl sites for hydroxylation is 1. The summed E-state index contributed by atoms with van der Waals surface area (Å²) in [6.07, 6.45) is 3.04. The molecule has 5 nitrogen and oxygen atoms in total. The highest BCUT2D eigenvalue weighted by molar-refractivity contribution is 5.62. The van der Waals surface area contributed by atoms with E-state index in [2.05, 4.69) is 29.0 Å². The fourth-order valence-corrected chi connectivity index (χ4v) is 2.10. The van der Waals surface area contributed by atoms with Crippen molar-refractivity contribution in [3.8, 4) is 0 Å². The lowest BCUT2D eigenvalue weighted by Gasteiger charge is -2.20. The molecule has 0 aromatic carbocycles. The Labute approximate surface area is 90.4 Å². The third-order valence-corrected chi connectivity index (χ3v) is 3.03. The van der Waals surface area contributed by atoms with Crippen molar-refractivity contribution in [3.05, 3.63) is 6.20 Å². The molecular formula is C10H19N5. The van der Waals surface area contributed by atoms with Gasteiger partial charge in [0.15, 0.2) is 5.82 Å². The highest BCUT2D eigenvalue weighted by atomic mass is 15.4. The molecule has 1 unspecified atom stereocenters. The van der Waals surface area contributed by atoms with E-state index in [-0.39, 0.29) is 0 Å². The first-order valence-electron chi connectivity index (χ1n) is 5.28. The first-order chi connectivity index (χ1) is 7.08. The van der Waals surface area contributed by atoms with E-state index in [1.54, 1.807) is 4.68 Å². The molecule has 5 heteroatoms. The smallest absolute Gasteiger partial charge is 0.173 e. The Kier molecular flexibility index (Phi) is 2.56. The fraction of sp³-hybridized carbons (Fsp3) is 0.700. The van der Waals surface area contributed by atoms with Crippen molar-refractivity contribution in [1.82, 2.24) is 14.7 Å². The number of nitrogen functional groups attached to an aromatic ring is 1. The molecule has 1 saturated heterocycles. The van der Waals surface area contributed by atoms with Crippen LogP contribution in [0, 0.1) is 0 Å². The van der Waals surface area contributed by atoms with Gasteiger partial charge < -0.3 is 15.5 Å². The van der Waals surface area contributed by atoms with Gasteiger partial charge in [0.05, 0.1) is 5.69 Å².